The Morgan fingerprint density at radius 3 is 2.26 bits per heavy atom. The van der Waals surface area contributed by atoms with Crippen molar-refractivity contribution < 1.29 is 9.90 Å². The number of H-pyrrole nitrogens is 1. The number of phenols is 1. The highest BCUT2D eigenvalue weighted by Gasteiger charge is 2.21. The van der Waals surface area contributed by atoms with Crippen LogP contribution >= 0.6 is 0 Å². The van der Waals surface area contributed by atoms with Crippen molar-refractivity contribution in [2.24, 2.45) is 15.2 Å². The first-order valence-electron chi connectivity index (χ1n) is 12.9. The van der Waals surface area contributed by atoms with Gasteiger partial charge in [-0.25, -0.2) is 0 Å². The first-order valence-corrected chi connectivity index (χ1v) is 12.9. The average Bonchev–Trinajstić information content (AvgIpc) is 3.37. The maximum absolute atomic E-state index is 13.3. The molecule has 0 radical (unpaired) electrons. The van der Waals surface area contributed by atoms with Crippen molar-refractivity contribution >= 4 is 62.1 Å². The third kappa shape index (κ3) is 4.92. The van der Waals surface area contributed by atoms with E-state index in [0.717, 1.165) is 38.4 Å². The molecule has 0 bridgehead atoms. The van der Waals surface area contributed by atoms with Crippen LogP contribution in [0.3, 0.4) is 0 Å². The van der Waals surface area contributed by atoms with E-state index in [1.54, 1.807) is 30.3 Å². The van der Waals surface area contributed by atoms with Crippen molar-refractivity contribution in [3.63, 3.8) is 0 Å². The third-order valence-corrected chi connectivity index (χ3v) is 6.54. The molecule has 1 heterocycles. The summed E-state index contributed by atoms with van der Waals surface area (Å²) >= 11 is 0. The summed E-state index contributed by atoms with van der Waals surface area (Å²) in [5.41, 5.74) is 4.45. The fraction of sp³-hybridized carbons (Fsp3) is 0.0909. The van der Waals surface area contributed by atoms with Crippen LogP contribution in [0.2, 0.25) is 0 Å². The highest BCUT2D eigenvalue weighted by Crippen LogP contribution is 2.44. The van der Waals surface area contributed by atoms with Gasteiger partial charge in [0, 0.05) is 28.1 Å². The Morgan fingerprint density at radius 1 is 0.821 bits per heavy atom. The predicted octanol–water partition coefficient (Wildman–Crippen LogP) is 9.38. The lowest BCUT2D eigenvalue weighted by molar-refractivity contribution is 0.0990. The number of fused-ring (bicyclic) bond motifs is 5. The molecule has 192 valence electrons. The van der Waals surface area contributed by atoms with E-state index < -0.39 is 0 Å². The largest absolute Gasteiger partial charge is 0.505 e. The smallest absolute Gasteiger partial charge is 0.171 e. The molecule has 6 heteroatoms. The molecule has 2 N–H and O–H groups in total. The van der Waals surface area contributed by atoms with Crippen LogP contribution in [0.25, 0.3) is 32.6 Å². The number of nitrogens with one attached hydrogen (secondary N) is 1. The first-order chi connectivity index (χ1) is 19.1. The minimum Gasteiger partial charge on any atom is -0.505 e. The second-order valence-corrected chi connectivity index (χ2v) is 8.84. The van der Waals surface area contributed by atoms with Gasteiger partial charge in [-0.05, 0) is 54.1 Å². The first kappa shape index (κ1) is 25.5. The van der Waals surface area contributed by atoms with E-state index in [4.69, 9.17) is 0 Å². The Balaban J connectivity index is 0.00000151. The predicted molar refractivity (Wildman–Crippen MR) is 161 cm³/mol. The van der Waals surface area contributed by atoms with Crippen molar-refractivity contribution in [1.82, 2.24) is 4.98 Å². The maximum Gasteiger partial charge on any atom is 0.171 e. The minimum atomic E-state index is -0.194. The molecular formula is C33H28N4O2. The number of hydrogen-bond donors (Lipinski definition) is 2. The minimum absolute atomic E-state index is 0.168. The van der Waals surface area contributed by atoms with E-state index in [9.17, 15) is 9.90 Å². The topological polar surface area (TPSA) is 90.2 Å². The number of aromatic amines is 1. The number of carbonyl (C=O) groups excluding carboxylic acids is 1. The molecule has 39 heavy (non-hydrogen) atoms. The molecule has 6 aromatic rings. The number of aromatic hydroxyl groups is 1. The molecule has 1 aromatic heterocycles. The molecule has 0 fully saturated rings. The van der Waals surface area contributed by atoms with Gasteiger partial charge in [0.25, 0.3) is 0 Å². The number of ketones is 1. The monoisotopic (exact) mass is 512 g/mol. The molecule has 0 spiro atoms. The van der Waals surface area contributed by atoms with Crippen LogP contribution in [0, 0.1) is 0 Å². The van der Waals surface area contributed by atoms with Crippen molar-refractivity contribution in [2.45, 2.75) is 20.3 Å². The van der Waals surface area contributed by atoms with Crippen LogP contribution in [0.15, 0.2) is 112 Å². The molecule has 0 aliphatic rings. The van der Waals surface area contributed by atoms with E-state index in [-0.39, 0.29) is 29.2 Å². The normalized spacial score (nSPS) is 11.1. The number of azo groups is 1. The second kappa shape index (κ2) is 11.1. The Morgan fingerprint density at radius 2 is 1.51 bits per heavy atom. The summed E-state index contributed by atoms with van der Waals surface area (Å²) < 4.78 is 0. The van der Waals surface area contributed by atoms with Crippen LogP contribution in [0.5, 0.6) is 5.75 Å². The van der Waals surface area contributed by atoms with Gasteiger partial charge in [0.05, 0.1) is 22.5 Å². The zero-order chi connectivity index (χ0) is 27.4. The zero-order valence-electron chi connectivity index (χ0n) is 21.8. The Hall–Kier alpha value is -5.10. The van der Waals surface area contributed by atoms with Gasteiger partial charge in [0.15, 0.2) is 11.5 Å². The standard InChI is InChI=1S/C31H22N4O2.C2H6/c1-32-21-12-14-22(15-13-21)34-35-30-28-20(11-16-24-23-9-5-6-10-26(23)33-29(24)28)18-25(31(30)37)27(36)17-19-7-3-2-4-8-19;1-2/h2-16,18,33,37H,1,17H2;1-2H3. The molecule has 6 nitrogen and oxygen atoms in total. The van der Waals surface area contributed by atoms with Gasteiger partial charge in [-0.3, -0.25) is 9.79 Å². The molecule has 0 amide bonds. The fourth-order valence-corrected chi connectivity index (χ4v) is 4.70. The molecule has 0 aliphatic carbocycles. The Kier molecular flexibility index (Phi) is 7.28. The number of rotatable bonds is 6. The molecule has 6 rings (SSSR count). The van der Waals surface area contributed by atoms with Crippen LogP contribution in [-0.2, 0) is 6.42 Å². The van der Waals surface area contributed by atoms with E-state index in [2.05, 4.69) is 26.9 Å². The van der Waals surface area contributed by atoms with Crippen LogP contribution in [0.4, 0.5) is 17.1 Å². The lowest BCUT2D eigenvalue weighted by Crippen LogP contribution is -2.04. The van der Waals surface area contributed by atoms with Gasteiger partial charge >= 0.3 is 0 Å². The number of para-hydroxylation sites is 1. The number of hydrogen-bond acceptors (Lipinski definition) is 5. The van der Waals surface area contributed by atoms with Crippen molar-refractivity contribution in [3.8, 4) is 5.75 Å². The highest BCUT2D eigenvalue weighted by molar-refractivity contribution is 6.22. The van der Waals surface area contributed by atoms with Crippen LogP contribution in [-0.4, -0.2) is 22.6 Å². The molecule has 0 atom stereocenters. The van der Waals surface area contributed by atoms with Gasteiger partial charge in [-0.1, -0.05) is 74.5 Å². The lowest BCUT2D eigenvalue weighted by atomic mass is 9.96. The molecule has 0 saturated heterocycles. The number of aromatic nitrogens is 1. The number of aliphatic imine (C=N–C) groups is 1. The Labute approximate surface area is 226 Å². The van der Waals surface area contributed by atoms with Crippen molar-refractivity contribution in [2.75, 3.05) is 0 Å². The van der Waals surface area contributed by atoms with E-state index in [1.165, 1.54) is 0 Å². The molecule has 0 saturated carbocycles. The highest BCUT2D eigenvalue weighted by atomic mass is 16.3. The van der Waals surface area contributed by atoms with Crippen molar-refractivity contribution in [1.29, 1.82) is 0 Å². The number of nitrogens with zero attached hydrogens (tertiary/aromatic N) is 3. The number of carbonyl (C=O) groups is 1. The summed E-state index contributed by atoms with van der Waals surface area (Å²) in [4.78, 5) is 20.7. The number of phenolic OH excluding ortho intramolecular Hbond substituents is 1. The summed E-state index contributed by atoms with van der Waals surface area (Å²) in [7, 11) is 0. The summed E-state index contributed by atoms with van der Waals surface area (Å²) in [6, 6.07) is 30.3. The summed E-state index contributed by atoms with van der Waals surface area (Å²) in [5.74, 6) is -0.382. The number of Topliss-reactive ketones (excluding diaryl/α,β-unsaturated/α-hetero) is 1. The zero-order valence-corrected chi connectivity index (χ0v) is 21.8. The molecular weight excluding hydrogens is 484 g/mol. The van der Waals surface area contributed by atoms with E-state index in [0.29, 0.717) is 11.1 Å². The average molecular weight is 513 g/mol. The van der Waals surface area contributed by atoms with E-state index in [1.807, 2.05) is 80.6 Å². The third-order valence-electron chi connectivity index (χ3n) is 6.54. The van der Waals surface area contributed by atoms with Gasteiger partial charge < -0.3 is 10.1 Å². The van der Waals surface area contributed by atoms with Gasteiger partial charge in [0.1, 0.15) is 5.69 Å². The van der Waals surface area contributed by atoms with Crippen LogP contribution in [0.1, 0.15) is 29.8 Å². The van der Waals surface area contributed by atoms with Crippen molar-refractivity contribution in [3.05, 3.63) is 108 Å². The SMILES string of the molecule is C=Nc1ccc(N=Nc2c(O)c(C(=O)Cc3ccccc3)cc3ccc4c5ccccc5[nH]c4c23)cc1.CC. The molecule has 0 aliphatic heterocycles. The van der Waals surface area contributed by atoms with Crippen LogP contribution < -0.4 is 0 Å². The molecule has 5 aromatic carbocycles. The second-order valence-electron chi connectivity index (χ2n) is 8.84. The lowest BCUT2D eigenvalue weighted by Gasteiger charge is -2.11. The number of benzene rings is 5. The van der Waals surface area contributed by atoms with Gasteiger partial charge in [-0.2, -0.15) is 5.11 Å². The summed E-state index contributed by atoms with van der Waals surface area (Å²) in [5, 5.41) is 23.9. The van der Waals surface area contributed by atoms with Gasteiger partial charge in [0.2, 0.25) is 0 Å². The Bertz CT molecular complexity index is 1840. The quantitative estimate of drug-likeness (QED) is 0.132. The van der Waals surface area contributed by atoms with Gasteiger partial charge in [-0.15, -0.1) is 5.11 Å². The maximum atomic E-state index is 13.3. The fourth-order valence-electron chi connectivity index (χ4n) is 4.70. The summed E-state index contributed by atoms with van der Waals surface area (Å²) in [6.45, 7) is 7.53. The summed E-state index contributed by atoms with van der Waals surface area (Å²) in [6.07, 6.45) is 0.168. The van der Waals surface area contributed by atoms with E-state index >= 15 is 0 Å². The molecule has 0 unspecified atom stereocenters.